The zero-order valence-corrected chi connectivity index (χ0v) is 7.40. The number of nitriles is 1. The second-order valence-electron chi connectivity index (χ2n) is 2.59. The van der Waals surface area contributed by atoms with E-state index in [-0.39, 0.29) is 5.76 Å². The van der Waals surface area contributed by atoms with Crippen LogP contribution in [0.1, 0.15) is 23.2 Å². The lowest BCUT2D eigenvalue weighted by Crippen LogP contribution is -2.12. The van der Waals surface area contributed by atoms with Gasteiger partial charge >= 0.3 is 5.97 Å². The normalized spacial score (nSPS) is 11.8. The van der Waals surface area contributed by atoms with Crippen molar-refractivity contribution < 1.29 is 13.9 Å². The number of aryl methyl sites for hydroxylation is 1. The van der Waals surface area contributed by atoms with E-state index in [1.54, 1.807) is 19.1 Å². The number of hydrogen-bond acceptors (Lipinski definition) is 4. The number of esters is 1. The number of carbonyl (C=O) groups is 1. The number of furan rings is 1. The van der Waals surface area contributed by atoms with E-state index in [9.17, 15) is 4.79 Å². The first kappa shape index (κ1) is 9.33. The zero-order chi connectivity index (χ0) is 9.84. The minimum atomic E-state index is -0.752. The molecule has 1 atom stereocenters. The number of ether oxygens (including phenoxy) is 1. The van der Waals surface area contributed by atoms with Gasteiger partial charge in [-0.2, -0.15) is 5.26 Å². The van der Waals surface area contributed by atoms with Gasteiger partial charge in [0.15, 0.2) is 6.10 Å². The van der Waals surface area contributed by atoms with Crippen molar-refractivity contribution in [2.45, 2.75) is 20.0 Å². The summed E-state index contributed by atoms with van der Waals surface area (Å²) in [5, 5.41) is 8.38. The third-order valence-electron chi connectivity index (χ3n) is 1.41. The Hall–Kier alpha value is -1.76. The summed E-state index contributed by atoms with van der Waals surface area (Å²) in [6, 6.07) is 4.96. The van der Waals surface area contributed by atoms with Gasteiger partial charge in [-0.25, -0.2) is 4.79 Å². The van der Waals surface area contributed by atoms with E-state index in [2.05, 4.69) is 0 Å². The number of carbonyl (C=O) groups excluding carboxylic acids is 1. The quantitative estimate of drug-likeness (QED) is 0.647. The predicted molar refractivity (Wildman–Crippen MR) is 43.9 cm³/mol. The Morgan fingerprint density at radius 3 is 2.85 bits per heavy atom. The van der Waals surface area contributed by atoms with E-state index in [1.807, 2.05) is 0 Å². The Labute approximate surface area is 75.7 Å². The highest BCUT2D eigenvalue weighted by Crippen LogP contribution is 2.08. The molecule has 0 radical (unpaired) electrons. The second-order valence-corrected chi connectivity index (χ2v) is 2.59. The van der Waals surface area contributed by atoms with Gasteiger partial charge in [0.05, 0.1) is 0 Å². The molecule has 0 amide bonds. The van der Waals surface area contributed by atoms with Crippen LogP contribution in [0.2, 0.25) is 0 Å². The lowest BCUT2D eigenvalue weighted by Gasteiger charge is -2.02. The van der Waals surface area contributed by atoms with Crippen molar-refractivity contribution >= 4 is 5.97 Å². The van der Waals surface area contributed by atoms with Gasteiger partial charge in [0.25, 0.3) is 0 Å². The van der Waals surface area contributed by atoms with Crippen LogP contribution in [0.5, 0.6) is 0 Å². The van der Waals surface area contributed by atoms with Crippen LogP contribution in [0.25, 0.3) is 0 Å². The molecule has 1 heterocycles. The number of nitrogens with zero attached hydrogens (tertiary/aromatic N) is 1. The highest BCUT2D eigenvalue weighted by Gasteiger charge is 2.14. The average Bonchev–Trinajstić information content (AvgIpc) is 2.51. The molecule has 68 valence electrons. The molecule has 1 unspecified atom stereocenters. The van der Waals surface area contributed by atoms with E-state index >= 15 is 0 Å². The molecule has 0 saturated heterocycles. The van der Waals surface area contributed by atoms with E-state index in [0.29, 0.717) is 5.76 Å². The maximum absolute atomic E-state index is 11.2. The number of hydrogen-bond donors (Lipinski definition) is 0. The fourth-order valence-electron chi connectivity index (χ4n) is 0.789. The Balaban J connectivity index is 2.65. The van der Waals surface area contributed by atoms with Gasteiger partial charge in [-0.05, 0) is 26.0 Å². The third-order valence-corrected chi connectivity index (χ3v) is 1.41. The van der Waals surface area contributed by atoms with Gasteiger partial charge in [0, 0.05) is 0 Å². The van der Waals surface area contributed by atoms with Gasteiger partial charge in [0.2, 0.25) is 5.76 Å². The van der Waals surface area contributed by atoms with Gasteiger partial charge in [-0.15, -0.1) is 0 Å². The molecule has 0 bridgehead atoms. The van der Waals surface area contributed by atoms with Crippen LogP contribution >= 0.6 is 0 Å². The maximum atomic E-state index is 11.2. The smallest absolute Gasteiger partial charge is 0.375 e. The largest absolute Gasteiger partial charge is 0.454 e. The molecule has 4 heteroatoms. The van der Waals surface area contributed by atoms with E-state index in [4.69, 9.17) is 14.4 Å². The molecule has 0 fully saturated rings. The van der Waals surface area contributed by atoms with Crippen molar-refractivity contribution in [1.29, 1.82) is 5.26 Å². The Morgan fingerprint density at radius 2 is 2.38 bits per heavy atom. The first-order valence-corrected chi connectivity index (χ1v) is 3.80. The molecular weight excluding hydrogens is 170 g/mol. The van der Waals surface area contributed by atoms with Crippen LogP contribution in [0.15, 0.2) is 16.5 Å². The standard InChI is InChI=1S/C9H9NO3/c1-6-3-4-8(12-6)9(11)13-7(2)5-10/h3-4,7H,1-2H3. The second kappa shape index (κ2) is 3.76. The first-order valence-electron chi connectivity index (χ1n) is 3.80. The predicted octanol–water partition coefficient (Wildman–Crippen LogP) is 1.66. The van der Waals surface area contributed by atoms with Crippen LogP contribution in [0.4, 0.5) is 0 Å². The molecular formula is C9H9NO3. The van der Waals surface area contributed by atoms with Gasteiger partial charge in [-0.3, -0.25) is 0 Å². The lowest BCUT2D eigenvalue weighted by molar-refractivity contribution is 0.0397. The molecule has 1 aromatic heterocycles. The summed E-state index contributed by atoms with van der Waals surface area (Å²) in [5.74, 6) is 0.151. The summed E-state index contributed by atoms with van der Waals surface area (Å²) in [6.07, 6.45) is -0.752. The summed E-state index contributed by atoms with van der Waals surface area (Å²) in [4.78, 5) is 11.2. The van der Waals surface area contributed by atoms with Crippen molar-refractivity contribution in [3.8, 4) is 6.07 Å². The van der Waals surface area contributed by atoms with Crippen molar-refractivity contribution in [3.63, 3.8) is 0 Å². The van der Waals surface area contributed by atoms with Crippen LogP contribution in [0.3, 0.4) is 0 Å². The molecule has 1 aromatic rings. The van der Waals surface area contributed by atoms with Crippen molar-refractivity contribution in [2.75, 3.05) is 0 Å². The van der Waals surface area contributed by atoms with Gasteiger partial charge in [0.1, 0.15) is 11.8 Å². The fourth-order valence-corrected chi connectivity index (χ4v) is 0.789. The minimum Gasteiger partial charge on any atom is -0.454 e. The molecule has 0 aromatic carbocycles. The minimum absolute atomic E-state index is 0.125. The van der Waals surface area contributed by atoms with Crippen molar-refractivity contribution in [2.24, 2.45) is 0 Å². The summed E-state index contributed by atoms with van der Waals surface area (Å²) < 4.78 is 9.71. The van der Waals surface area contributed by atoms with Crippen LogP contribution in [-0.4, -0.2) is 12.1 Å². The van der Waals surface area contributed by atoms with Gasteiger partial charge < -0.3 is 9.15 Å². The van der Waals surface area contributed by atoms with E-state index < -0.39 is 12.1 Å². The molecule has 0 N–H and O–H groups in total. The highest BCUT2D eigenvalue weighted by molar-refractivity contribution is 5.86. The average molecular weight is 179 g/mol. The molecule has 0 spiro atoms. The highest BCUT2D eigenvalue weighted by atomic mass is 16.6. The maximum Gasteiger partial charge on any atom is 0.375 e. The fraction of sp³-hybridized carbons (Fsp3) is 0.333. The monoisotopic (exact) mass is 179 g/mol. The third kappa shape index (κ3) is 2.34. The molecule has 0 saturated carbocycles. The molecule has 13 heavy (non-hydrogen) atoms. The SMILES string of the molecule is Cc1ccc(C(=O)OC(C)C#N)o1. The topological polar surface area (TPSA) is 63.2 Å². The van der Waals surface area contributed by atoms with Crippen molar-refractivity contribution in [3.05, 3.63) is 23.7 Å². The summed E-state index contributed by atoms with van der Waals surface area (Å²) in [7, 11) is 0. The summed E-state index contributed by atoms with van der Waals surface area (Å²) >= 11 is 0. The Bertz CT molecular complexity index is 348. The summed E-state index contributed by atoms with van der Waals surface area (Å²) in [5.41, 5.74) is 0. The molecule has 4 nitrogen and oxygen atoms in total. The summed E-state index contributed by atoms with van der Waals surface area (Å²) in [6.45, 7) is 3.22. The molecule has 0 aliphatic carbocycles. The Kier molecular flexibility index (Phi) is 2.70. The van der Waals surface area contributed by atoms with E-state index in [1.165, 1.54) is 13.0 Å². The van der Waals surface area contributed by atoms with Gasteiger partial charge in [-0.1, -0.05) is 0 Å². The lowest BCUT2D eigenvalue weighted by atomic mass is 10.4. The van der Waals surface area contributed by atoms with Crippen LogP contribution in [0, 0.1) is 18.3 Å². The van der Waals surface area contributed by atoms with Crippen LogP contribution in [-0.2, 0) is 4.74 Å². The van der Waals surface area contributed by atoms with Crippen LogP contribution < -0.4 is 0 Å². The molecule has 0 aliphatic heterocycles. The molecule has 0 aliphatic rings. The number of rotatable bonds is 2. The van der Waals surface area contributed by atoms with Crippen molar-refractivity contribution in [1.82, 2.24) is 0 Å². The molecule has 1 rings (SSSR count). The Morgan fingerprint density at radius 1 is 1.69 bits per heavy atom. The zero-order valence-electron chi connectivity index (χ0n) is 7.40. The first-order chi connectivity index (χ1) is 6.13. The van der Waals surface area contributed by atoms with E-state index in [0.717, 1.165) is 0 Å².